The molecule has 0 unspecified atom stereocenters. The van der Waals surface area contributed by atoms with E-state index in [0.29, 0.717) is 35.1 Å². The van der Waals surface area contributed by atoms with Crippen LogP contribution in [0.15, 0.2) is 16.9 Å². The molecule has 0 saturated heterocycles. The molecule has 0 aliphatic heterocycles. The largest absolute Gasteiger partial charge is 0.443 e. The third-order valence-corrected chi connectivity index (χ3v) is 4.23. The van der Waals surface area contributed by atoms with Crippen LogP contribution in [0.3, 0.4) is 0 Å². The number of fused-ring (bicyclic) bond motifs is 2. The Morgan fingerprint density at radius 3 is 2.62 bits per heavy atom. The smallest absolute Gasteiger partial charge is 0.312 e. The maximum absolute atomic E-state index is 12.7. The number of hydrogen-bond acceptors (Lipinski definition) is 5. The van der Waals surface area contributed by atoms with Crippen LogP contribution < -0.4 is 5.56 Å². The number of aryl methyl sites for hydroxylation is 2. The number of carbonyl (C=O) groups excluding carboxylic acids is 2. The number of rotatable bonds is 2. The minimum Gasteiger partial charge on any atom is -0.443 e. The fourth-order valence-corrected chi connectivity index (χ4v) is 2.76. The van der Waals surface area contributed by atoms with Crippen molar-refractivity contribution in [1.82, 2.24) is 9.55 Å². The highest BCUT2D eigenvalue weighted by atomic mass is 16.5. The number of benzene rings is 1. The lowest BCUT2D eigenvalue weighted by molar-refractivity contribution is -0.157. The summed E-state index contributed by atoms with van der Waals surface area (Å²) in [7, 11) is 0. The molecule has 0 spiro atoms. The van der Waals surface area contributed by atoms with Crippen LogP contribution in [0, 0.1) is 12.3 Å². The Bertz CT molecular complexity index is 919. The van der Waals surface area contributed by atoms with Crippen molar-refractivity contribution in [3.63, 3.8) is 0 Å². The molecule has 0 saturated carbocycles. The van der Waals surface area contributed by atoms with Crippen LogP contribution in [-0.4, -0.2) is 21.3 Å². The van der Waals surface area contributed by atoms with Gasteiger partial charge in [-0.2, -0.15) is 0 Å². The Labute approximate surface area is 139 Å². The molecule has 0 N–H and O–H groups in total. The van der Waals surface area contributed by atoms with Gasteiger partial charge in [0.1, 0.15) is 5.82 Å². The van der Waals surface area contributed by atoms with Crippen molar-refractivity contribution in [3.8, 4) is 0 Å². The molecule has 24 heavy (non-hydrogen) atoms. The normalized spacial score (nSPS) is 14.1. The maximum atomic E-state index is 12.7. The summed E-state index contributed by atoms with van der Waals surface area (Å²) >= 11 is 0. The third kappa shape index (κ3) is 2.72. The first-order valence-electron chi connectivity index (χ1n) is 7.93. The van der Waals surface area contributed by atoms with E-state index in [-0.39, 0.29) is 18.1 Å². The van der Waals surface area contributed by atoms with Crippen molar-refractivity contribution in [2.45, 2.75) is 47.3 Å². The zero-order valence-corrected chi connectivity index (χ0v) is 14.3. The Kier molecular flexibility index (Phi) is 3.78. The molecule has 6 nitrogen and oxygen atoms in total. The van der Waals surface area contributed by atoms with Crippen molar-refractivity contribution in [1.29, 1.82) is 0 Å². The standard InChI is InChI=1S/C18H20N2O4/c1-10-19-14-7-11-5-6-15(21)12(11)8-13(14)16(22)20(10)9-24-17(23)18(2,3)4/h7-8H,5-6,9H2,1-4H3. The molecule has 126 valence electrons. The predicted molar refractivity (Wildman–Crippen MR) is 88.9 cm³/mol. The molecule has 0 amide bonds. The topological polar surface area (TPSA) is 78.3 Å². The summed E-state index contributed by atoms with van der Waals surface area (Å²) in [5.41, 5.74) is 1.17. The lowest BCUT2D eigenvalue weighted by Crippen LogP contribution is -2.30. The summed E-state index contributed by atoms with van der Waals surface area (Å²) < 4.78 is 6.55. The first-order chi connectivity index (χ1) is 11.2. The fourth-order valence-electron chi connectivity index (χ4n) is 2.76. The molecular weight excluding hydrogens is 308 g/mol. The molecule has 0 radical (unpaired) electrons. The lowest BCUT2D eigenvalue weighted by atomic mass is 9.98. The molecule has 1 aliphatic rings. The number of hydrogen-bond donors (Lipinski definition) is 0. The van der Waals surface area contributed by atoms with Gasteiger partial charge in [-0.05, 0) is 51.8 Å². The number of esters is 1. The summed E-state index contributed by atoms with van der Waals surface area (Å²) in [6.07, 6.45) is 1.17. The molecule has 1 aromatic carbocycles. The number of Topliss-reactive ketones (excluding diaryl/α,β-unsaturated/α-hetero) is 1. The van der Waals surface area contributed by atoms with E-state index in [1.165, 1.54) is 4.57 Å². The zero-order chi connectivity index (χ0) is 17.6. The van der Waals surface area contributed by atoms with Gasteiger partial charge in [-0.3, -0.25) is 19.0 Å². The summed E-state index contributed by atoms with van der Waals surface area (Å²) in [5, 5.41) is 0.376. The Balaban J connectivity index is 2.04. The Hall–Kier alpha value is -2.50. The molecular formula is C18H20N2O4. The van der Waals surface area contributed by atoms with E-state index in [2.05, 4.69) is 4.98 Å². The first-order valence-corrected chi connectivity index (χ1v) is 7.93. The predicted octanol–water partition coefficient (Wildman–Crippen LogP) is 2.38. The van der Waals surface area contributed by atoms with Gasteiger partial charge in [-0.25, -0.2) is 4.98 Å². The summed E-state index contributed by atoms with van der Waals surface area (Å²) in [6, 6.07) is 3.44. The molecule has 1 aliphatic carbocycles. The molecule has 6 heteroatoms. The molecule has 0 atom stereocenters. The number of aromatic nitrogens is 2. The third-order valence-electron chi connectivity index (χ3n) is 4.23. The number of nitrogens with zero attached hydrogens (tertiary/aromatic N) is 2. The van der Waals surface area contributed by atoms with Crippen LogP contribution in [0.25, 0.3) is 10.9 Å². The van der Waals surface area contributed by atoms with E-state index < -0.39 is 11.4 Å². The van der Waals surface area contributed by atoms with Gasteiger partial charge in [-0.1, -0.05) is 0 Å². The number of ether oxygens (including phenoxy) is 1. The number of carbonyl (C=O) groups is 2. The second-order valence-corrected chi connectivity index (χ2v) is 7.15. The molecule has 3 rings (SSSR count). The van der Waals surface area contributed by atoms with Gasteiger partial charge in [0, 0.05) is 12.0 Å². The highest BCUT2D eigenvalue weighted by molar-refractivity contribution is 6.03. The minimum atomic E-state index is -0.644. The average molecular weight is 328 g/mol. The quantitative estimate of drug-likeness (QED) is 0.791. The van der Waals surface area contributed by atoms with Crippen LogP contribution in [0.2, 0.25) is 0 Å². The van der Waals surface area contributed by atoms with Gasteiger partial charge in [0.15, 0.2) is 12.5 Å². The second kappa shape index (κ2) is 5.54. The average Bonchev–Trinajstić information content (AvgIpc) is 2.85. The van der Waals surface area contributed by atoms with E-state index in [9.17, 15) is 14.4 Å². The van der Waals surface area contributed by atoms with Gasteiger partial charge in [-0.15, -0.1) is 0 Å². The zero-order valence-electron chi connectivity index (χ0n) is 14.3. The Morgan fingerprint density at radius 1 is 1.25 bits per heavy atom. The van der Waals surface area contributed by atoms with Crippen molar-refractivity contribution in [2.24, 2.45) is 5.41 Å². The lowest BCUT2D eigenvalue weighted by Gasteiger charge is -2.18. The van der Waals surface area contributed by atoms with Gasteiger partial charge in [0.05, 0.1) is 16.3 Å². The van der Waals surface area contributed by atoms with Crippen LogP contribution in [-0.2, 0) is 22.7 Å². The maximum Gasteiger partial charge on any atom is 0.312 e. The SMILES string of the molecule is Cc1nc2cc3c(cc2c(=O)n1COC(=O)C(C)(C)C)C(=O)CC3. The van der Waals surface area contributed by atoms with Gasteiger partial charge in [0.25, 0.3) is 5.56 Å². The van der Waals surface area contributed by atoms with Gasteiger partial charge < -0.3 is 4.74 Å². The van der Waals surface area contributed by atoms with Crippen LogP contribution in [0.1, 0.15) is 48.9 Å². The molecule has 0 fully saturated rings. The highest BCUT2D eigenvalue weighted by Gasteiger charge is 2.24. The van der Waals surface area contributed by atoms with E-state index in [1.807, 2.05) is 6.07 Å². The fraction of sp³-hybridized carbons (Fsp3) is 0.444. The van der Waals surface area contributed by atoms with E-state index in [1.54, 1.807) is 33.8 Å². The monoisotopic (exact) mass is 328 g/mol. The van der Waals surface area contributed by atoms with Crippen molar-refractivity contribution < 1.29 is 14.3 Å². The summed E-state index contributed by atoms with van der Waals surface area (Å²) in [4.78, 5) is 41.0. The van der Waals surface area contributed by atoms with Crippen LogP contribution >= 0.6 is 0 Å². The van der Waals surface area contributed by atoms with Crippen molar-refractivity contribution >= 4 is 22.7 Å². The van der Waals surface area contributed by atoms with Crippen LogP contribution in [0.5, 0.6) is 0 Å². The molecule has 2 aromatic rings. The van der Waals surface area contributed by atoms with Crippen molar-refractivity contribution in [3.05, 3.63) is 39.4 Å². The molecule has 1 heterocycles. The second-order valence-electron chi connectivity index (χ2n) is 7.15. The minimum absolute atomic E-state index is 0.0533. The van der Waals surface area contributed by atoms with E-state index >= 15 is 0 Å². The Morgan fingerprint density at radius 2 is 1.96 bits per heavy atom. The van der Waals surface area contributed by atoms with E-state index in [4.69, 9.17) is 4.74 Å². The highest BCUT2D eigenvalue weighted by Crippen LogP contribution is 2.25. The first kappa shape index (κ1) is 16.4. The van der Waals surface area contributed by atoms with Crippen molar-refractivity contribution in [2.75, 3.05) is 0 Å². The summed E-state index contributed by atoms with van der Waals surface area (Å²) in [6.45, 7) is 6.76. The van der Waals surface area contributed by atoms with Crippen LogP contribution in [0.4, 0.5) is 0 Å². The van der Waals surface area contributed by atoms with Gasteiger partial charge >= 0.3 is 5.97 Å². The molecule has 1 aromatic heterocycles. The number of ketones is 1. The summed E-state index contributed by atoms with van der Waals surface area (Å²) in [5.74, 6) is 0.133. The molecule has 0 bridgehead atoms. The van der Waals surface area contributed by atoms with E-state index in [0.717, 1.165) is 5.56 Å². The van der Waals surface area contributed by atoms with Gasteiger partial charge in [0.2, 0.25) is 0 Å².